The maximum atomic E-state index is 5.79. The van der Waals surface area contributed by atoms with Crippen molar-refractivity contribution in [2.24, 2.45) is 7.05 Å². The Balaban J connectivity index is 1.57. The lowest BCUT2D eigenvalue weighted by molar-refractivity contribution is 0.154. The van der Waals surface area contributed by atoms with Gasteiger partial charge in [0.05, 0.1) is 26.9 Å². The second kappa shape index (κ2) is 9.44. The molecule has 1 aliphatic heterocycles. The highest BCUT2D eigenvalue weighted by Gasteiger charge is 2.31. The van der Waals surface area contributed by atoms with Crippen LogP contribution in [-0.4, -0.2) is 40.0 Å². The Hall–Kier alpha value is -3.42. The van der Waals surface area contributed by atoms with Crippen molar-refractivity contribution in [2.45, 2.75) is 19.1 Å². The zero-order valence-corrected chi connectivity index (χ0v) is 20.5. The second-order valence-electron chi connectivity index (χ2n) is 8.45. The van der Waals surface area contributed by atoms with Crippen molar-refractivity contribution >= 4 is 12.2 Å². The van der Waals surface area contributed by atoms with Gasteiger partial charge in [-0.15, -0.1) is 0 Å². The third-order valence-electron chi connectivity index (χ3n) is 6.48. The molecule has 0 radical (unpaired) electrons. The molecular weight excluding hydrogens is 444 g/mol. The Kier molecular flexibility index (Phi) is 6.22. The number of hydrogen-bond acceptors (Lipinski definition) is 5. The zero-order valence-electron chi connectivity index (χ0n) is 19.6. The van der Waals surface area contributed by atoms with Crippen LogP contribution in [-0.2, 0) is 20.1 Å². The van der Waals surface area contributed by atoms with Gasteiger partial charge in [0.25, 0.3) is 0 Å². The Labute approximate surface area is 205 Å². The van der Waals surface area contributed by atoms with Crippen LogP contribution < -0.4 is 9.47 Å². The van der Waals surface area contributed by atoms with Gasteiger partial charge in [-0.05, 0) is 47.5 Å². The van der Waals surface area contributed by atoms with Crippen molar-refractivity contribution in [3.63, 3.8) is 0 Å². The van der Waals surface area contributed by atoms with Gasteiger partial charge in [0.1, 0.15) is 0 Å². The average molecular weight is 473 g/mol. The summed E-state index contributed by atoms with van der Waals surface area (Å²) in [4.78, 5) is 2.43. The van der Waals surface area contributed by atoms with Gasteiger partial charge in [-0.25, -0.2) is 4.68 Å². The molecule has 1 aromatic heterocycles. The molecule has 0 unspecified atom stereocenters. The van der Waals surface area contributed by atoms with E-state index in [1.54, 1.807) is 14.2 Å². The molecule has 3 aromatic carbocycles. The molecule has 1 aliphatic rings. The van der Waals surface area contributed by atoms with Gasteiger partial charge in [-0.2, -0.15) is 5.10 Å². The number of rotatable bonds is 6. The van der Waals surface area contributed by atoms with Crippen LogP contribution in [0.15, 0.2) is 72.8 Å². The fourth-order valence-electron chi connectivity index (χ4n) is 4.77. The molecule has 0 saturated carbocycles. The minimum Gasteiger partial charge on any atom is -0.493 e. The minimum atomic E-state index is 0.0498. The highest BCUT2D eigenvalue weighted by Crippen LogP contribution is 2.41. The molecule has 0 N–H and O–H groups in total. The van der Waals surface area contributed by atoms with E-state index < -0.39 is 0 Å². The number of benzene rings is 3. The summed E-state index contributed by atoms with van der Waals surface area (Å²) < 4.78 is 15.8. The molecule has 2 heterocycles. The Morgan fingerprint density at radius 2 is 1.59 bits per heavy atom. The third-order valence-corrected chi connectivity index (χ3v) is 6.96. The SMILES string of the molecule is COc1cc2c(cc1OC)[C@H](c1ccccc1)N(Cn1nc(-c3ccccc3)n(C)c1=S)CC2. The van der Waals surface area contributed by atoms with Crippen LogP contribution in [0.3, 0.4) is 0 Å². The van der Waals surface area contributed by atoms with Gasteiger partial charge >= 0.3 is 0 Å². The van der Waals surface area contributed by atoms with Gasteiger partial charge in [0.15, 0.2) is 22.1 Å². The summed E-state index contributed by atoms with van der Waals surface area (Å²) in [6, 6.07) is 25.0. The summed E-state index contributed by atoms with van der Waals surface area (Å²) in [5.74, 6) is 2.37. The van der Waals surface area contributed by atoms with Crippen LogP contribution in [0.2, 0.25) is 0 Å². The lowest BCUT2D eigenvalue weighted by Crippen LogP contribution is -2.37. The highest BCUT2D eigenvalue weighted by atomic mass is 32.1. The molecule has 4 aromatic rings. The van der Waals surface area contributed by atoms with Crippen LogP contribution in [0.1, 0.15) is 22.7 Å². The lowest BCUT2D eigenvalue weighted by atomic mass is 9.88. The molecular formula is C27H28N4O2S. The van der Waals surface area contributed by atoms with E-state index in [2.05, 4.69) is 53.4 Å². The molecule has 174 valence electrons. The zero-order chi connectivity index (χ0) is 23.7. The molecule has 0 fully saturated rings. The van der Waals surface area contributed by atoms with Crippen molar-refractivity contribution in [2.75, 3.05) is 20.8 Å². The van der Waals surface area contributed by atoms with Gasteiger partial charge in [0.2, 0.25) is 0 Å². The number of ether oxygens (including phenoxy) is 2. The van der Waals surface area contributed by atoms with Crippen molar-refractivity contribution in [1.29, 1.82) is 0 Å². The number of nitrogens with zero attached hydrogens (tertiary/aromatic N) is 4. The number of methoxy groups -OCH3 is 2. The average Bonchev–Trinajstić information content (AvgIpc) is 3.17. The van der Waals surface area contributed by atoms with Crippen LogP contribution in [0.25, 0.3) is 11.4 Å². The largest absolute Gasteiger partial charge is 0.493 e. The van der Waals surface area contributed by atoms with Crippen molar-refractivity contribution in [1.82, 2.24) is 19.2 Å². The van der Waals surface area contributed by atoms with E-state index in [1.807, 2.05) is 40.6 Å². The van der Waals surface area contributed by atoms with Crippen molar-refractivity contribution in [3.05, 3.63) is 94.3 Å². The van der Waals surface area contributed by atoms with Crippen molar-refractivity contribution in [3.8, 4) is 22.9 Å². The Bertz CT molecular complexity index is 1350. The molecule has 0 saturated heterocycles. The summed E-state index contributed by atoms with van der Waals surface area (Å²) in [5, 5.41) is 4.91. The standard InChI is InChI=1S/C27H28N4O2S/c1-29-26(20-12-8-5-9-13-20)28-31(27(29)34)18-30-15-14-21-16-23(32-2)24(33-3)17-22(21)25(30)19-10-6-4-7-11-19/h4-13,16-17,25H,14-15,18H2,1-3H3/t25-/m0/s1. The van der Waals surface area contributed by atoms with E-state index in [4.69, 9.17) is 26.8 Å². The Morgan fingerprint density at radius 3 is 2.26 bits per heavy atom. The van der Waals surface area contributed by atoms with Crippen LogP contribution in [0.4, 0.5) is 0 Å². The van der Waals surface area contributed by atoms with Gasteiger partial charge in [0, 0.05) is 19.2 Å². The van der Waals surface area contributed by atoms with Crippen LogP contribution in [0, 0.1) is 4.77 Å². The summed E-state index contributed by atoms with van der Waals surface area (Å²) >= 11 is 5.79. The quantitative estimate of drug-likeness (QED) is 0.359. The summed E-state index contributed by atoms with van der Waals surface area (Å²) in [7, 11) is 5.34. The lowest BCUT2D eigenvalue weighted by Gasteiger charge is -2.37. The summed E-state index contributed by atoms with van der Waals surface area (Å²) in [5.41, 5.74) is 4.77. The molecule has 0 aliphatic carbocycles. The maximum absolute atomic E-state index is 5.79. The van der Waals surface area contributed by atoms with Crippen LogP contribution in [0.5, 0.6) is 11.5 Å². The van der Waals surface area contributed by atoms with E-state index >= 15 is 0 Å². The highest BCUT2D eigenvalue weighted by molar-refractivity contribution is 7.71. The molecule has 5 rings (SSSR count). The first-order chi connectivity index (χ1) is 16.6. The first kappa shape index (κ1) is 22.4. The second-order valence-corrected chi connectivity index (χ2v) is 8.82. The molecule has 6 nitrogen and oxygen atoms in total. The van der Waals surface area contributed by atoms with E-state index in [-0.39, 0.29) is 6.04 Å². The summed E-state index contributed by atoms with van der Waals surface area (Å²) in [6.07, 6.45) is 0.907. The van der Waals surface area contributed by atoms with E-state index in [0.717, 1.165) is 35.9 Å². The van der Waals surface area contributed by atoms with E-state index in [0.29, 0.717) is 11.4 Å². The third kappa shape index (κ3) is 4.02. The molecule has 7 heteroatoms. The molecule has 34 heavy (non-hydrogen) atoms. The molecule has 0 bridgehead atoms. The normalized spacial score (nSPS) is 15.7. The smallest absolute Gasteiger partial charge is 0.199 e. The predicted molar refractivity (Wildman–Crippen MR) is 136 cm³/mol. The van der Waals surface area contributed by atoms with Gasteiger partial charge in [-0.1, -0.05) is 60.7 Å². The molecule has 0 spiro atoms. The van der Waals surface area contributed by atoms with Gasteiger partial charge < -0.3 is 14.0 Å². The molecule has 1 atom stereocenters. The number of fused-ring (bicyclic) bond motifs is 1. The topological polar surface area (TPSA) is 44.5 Å². The minimum absolute atomic E-state index is 0.0498. The number of aromatic nitrogens is 3. The van der Waals surface area contributed by atoms with E-state index in [1.165, 1.54) is 16.7 Å². The monoisotopic (exact) mass is 472 g/mol. The predicted octanol–water partition coefficient (Wildman–Crippen LogP) is 5.24. The first-order valence-corrected chi connectivity index (χ1v) is 11.7. The van der Waals surface area contributed by atoms with Gasteiger partial charge in [-0.3, -0.25) is 4.90 Å². The van der Waals surface area contributed by atoms with Crippen molar-refractivity contribution < 1.29 is 9.47 Å². The maximum Gasteiger partial charge on any atom is 0.199 e. The fourth-order valence-corrected chi connectivity index (χ4v) is 4.95. The fraction of sp³-hybridized carbons (Fsp3) is 0.259. The summed E-state index contributed by atoms with van der Waals surface area (Å²) in [6.45, 7) is 1.47. The molecule has 0 amide bonds. The number of hydrogen-bond donors (Lipinski definition) is 0. The Morgan fingerprint density at radius 1 is 0.941 bits per heavy atom. The van der Waals surface area contributed by atoms with Crippen LogP contribution >= 0.6 is 12.2 Å². The first-order valence-electron chi connectivity index (χ1n) is 11.3. The van der Waals surface area contributed by atoms with E-state index in [9.17, 15) is 0 Å².